The van der Waals surface area contributed by atoms with E-state index in [1.54, 1.807) is 61.8 Å². The standard InChI is InChI=1S/C33H35N3O6/c1-39-30-20-26-28(21-31(30)40-19-7-12-27(34)33(38)42-24-10-5-6-11-24)35-18-17-29(26)41-25-15-13-23(14-16-25)36-32(37)22-8-3-2-4-9-22/h2-4,8-9,13-18,20-21,24,27H,5-7,10-12,19,34H2,1H3,(H,36,37)/t27-/m1/s1. The highest BCUT2D eigenvalue weighted by Crippen LogP contribution is 2.37. The number of ether oxygens (including phenoxy) is 4. The van der Waals surface area contributed by atoms with Gasteiger partial charge < -0.3 is 30.0 Å². The normalized spacial score (nSPS) is 13.9. The minimum absolute atomic E-state index is 0.00926. The molecule has 1 aliphatic rings. The Bertz CT molecular complexity index is 1500. The van der Waals surface area contributed by atoms with Crippen LogP contribution in [0.4, 0.5) is 5.69 Å². The van der Waals surface area contributed by atoms with Crippen LogP contribution >= 0.6 is 0 Å². The number of esters is 1. The number of amides is 1. The first kappa shape index (κ1) is 28.9. The van der Waals surface area contributed by atoms with Crippen LogP contribution in [-0.4, -0.2) is 42.7 Å². The molecule has 1 heterocycles. The molecule has 3 N–H and O–H groups in total. The topological polar surface area (TPSA) is 122 Å². The second-order valence-corrected chi connectivity index (χ2v) is 10.2. The fourth-order valence-electron chi connectivity index (χ4n) is 4.88. The van der Waals surface area contributed by atoms with Gasteiger partial charge >= 0.3 is 5.97 Å². The number of anilines is 1. The third kappa shape index (κ3) is 7.36. The van der Waals surface area contributed by atoms with Gasteiger partial charge in [0.2, 0.25) is 0 Å². The fourth-order valence-corrected chi connectivity index (χ4v) is 4.88. The number of pyridine rings is 1. The van der Waals surface area contributed by atoms with Crippen LogP contribution in [0, 0.1) is 0 Å². The van der Waals surface area contributed by atoms with Gasteiger partial charge in [0.15, 0.2) is 11.5 Å². The van der Waals surface area contributed by atoms with Gasteiger partial charge in [-0.3, -0.25) is 14.6 Å². The van der Waals surface area contributed by atoms with Crippen molar-refractivity contribution in [2.45, 2.75) is 50.7 Å². The van der Waals surface area contributed by atoms with E-state index in [9.17, 15) is 9.59 Å². The Morgan fingerprint density at radius 1 is 0.976 bits per heavy atom. The molecular weight excluding hydrogens is 534 g/mol. The molecule has 1 aliphatic carbocycles. The Morgan fingerprint density at radius 3 is 2.48 bits per heavy atom. The number of carbonyl (C=O) groups is 2. The lowest BCUT2D eigenvalue weighted by molar-refractivity contribution is -0.150. The van der Waals surface area contributed by atoms with Crippen LogP contribution in [0.15, 0.2) is 79.0 Å². The number of benzene rings is 3. The summed E-state index contributed by atoms with van der Waals surface area (Å²) in [6, 6.07) is 20.9. The maximum Gasteiger partial charge on any atom is 0.323 e. The second-order valence-electron chi connectivity index (χ2n) is 10.2. The molecule has 1 atom stereocenters. The average Bonchev–Trinajstić information content (AvgIpc) is 3.53. The zero-order chi connectivity index (χ0) is 29.3. The SMILES string of the molecule is COc1cc2c(Oc3ccc(NC(=O)c4ccccc4)cc3)ccnc2cc1OCCC[C@@H](N)C(=O)OC1CCCC1. The third-order valence-electron chi connectivity index (χ3n) is 7.17. The van der Waals surface area contributed by atoms with E-state index >= 15 is 0 Å². The summed E-state index contributed by atoms with van der Waals surface area (Å²) in [4.78, 5) is 29.1. The van der Waals surface area contributed by atoms with Crippen LogP contribution in [0.1, 0.15) is 48.9 Å². The Morgan fingerprint density at radius 2 is 1.74 bits per heavy atom. The van der Waals surface area contributed by atoms with Gasteiger partial charge in [-0.05, 0) is 87.1 Å². The van der Waals surface area contributed by atoms with Gasteiger partial charge in [-0.1, -0.05) is 18.2 Å². The van der Waals surface area contributed by atoms with E-state index in [1.807, 2.05) is 24.3 Å². The van der Waals surface area contributed by atoms with Crippen molar-refractivity contribution in [1.82, 2.24) is 4.98 Å². The highest BCUT2D eigenvalue weighted by Gasteiger charge is 2.23. The van der Waals surface area contributed by atoms with Gasteiger partial charge in [0, 0.05) is 28.9 Å². The monoisotopic (exact) mass is 569 g/mol. The minimum Gasteiger partial charge on any atom is -0.493 e. The smallest absolute Gasteiger partial charge is 0.323 e. The summed E-state index contributed by atoms with van der Waals surface area (Å²) in [6.07, 6.45) is 6.76. The van der Waals surface area contributed by atoms with Crippen LogP contribution in [0.2, 0.25) is 0 Å². The predicted molar refractivity (Wildman–Crippen MR) is 160 cm³/mol. The molecule has 0 aliphatic heterocycles. The van der Waals surface area contributed by atoms with Crippen LogP contribution in [-0.2, 0) is 9.53 Å². The van der Waals surface area contributed by atoms with Crippen LogP contribution in [0.5, 0.6) is 23.0 Å². The number of rotatable bonds is 12. The predicted octanol–water partition coefficient (Wildman–Crippen LogP) is 6.26. The fraction of sp³-hybridized carbons (Fsp3) is 0.303. The summed E-state index contributed by atoms with van der Waals surface area (Å²) in [5, 5.41) is 3.63. The molecule has 1 saturated carbocycles. The van der Waals surface area contributed by atoms with Gasteiger partial charge in [-0.25, -0.2) is 0 Å². The molecule has 0 spiro atoms. The lowest BCUT2D eigenvalue weighted by Gasteiger charge is -2.16. The average molecular weight is 570 g/mol. The molecule has 9 nitrogen and oxygen atoms in total. The number of hydrogen-bond donors (Lipinski definition) is 2. The van der Waals surface area contributed by atoms with E-state index < -0.39 is 6.04 Å². The molecule has 218 valence electrons. The quantitative estimate of drug-likeness (QED) is 0.151. The molecular formula is C33H35N3O6. The van der Waals surface area contributed by atoms with E-state index in [4.69, 9.17) is 24.7 Å². The van der Waals surface area contributed by atoms with Gasteiger partial charge in [0.25, 0.3) is 5.91 Å². The number of nitrogens with two attached hydrogens (primary N) is 1. The number of carbonyl (C=O) groups excluding carboxylic acids is 2. The summed E-state index contributed by atoms with van der Waals surface area (Å²) >= 11 is 0. The largest absolute Gasteiger partial charge is 0.493 e. The summed E-state index contributed by atoms with van der Waals surface area (Å²) in [5.41, 5.74) is 7.96. The summed E-state index contributed by atoms with van der Waals surface area (Å²) in [7, 11) is 1.57. The van der Waals surface area contributed by atoms with Crippen molar-refractivity contribution in [2.24, 2.45) is 5.73 Å². The van der Waals surface area contributed by atoms with Crippen LogP contribution < -0.4 is 25.3 Å². The number of aromatic nitrogens is 1. The van der Waals surface area contributed by atoms with Gasteiger partial charge in [0.05, 0.1) is 19.2 Å². The van der Waals surface area contributed by atoms with Crippen molar-refractivity contribution in [2.75, 3.05) is 19.0 Å². The first-order valence-corrected chi connectivity index (χ1v) is 14.2. The number of fused-ring (bicyclic) bond motifs is 1. The molecule has 0 unspecified atom stereocenters. The van der Waals surface area contributed by atoms with Crippen LogP contribution in [0.25, 0.3) is 10.9 Å². The van der Waals surface area contributed by atoms with Crippen molar-refractivity contribution in [3.63, 3.8) is 0 Å². The van der Waals surface area contributed by atoms with Gasteiger partial charge in [-0.2, -0.15) is 0 Å². The molecule has 0 saturated heterocycles. The third-order valence-corrected chi connectivity index (χ3v) is 7.17. The molecule has 0 radical (unpaired) electrons. The zero-order valence-corrected chi connectivity index (χ0v) is 23.6. The minimum atomic E-state index is -0.664. The van der Waals surface area contributed by atoms with E-state index in [0.717, 1.165) is 31.1 Å². The number of hydrogen-bond acceptors (Lipinski definition) is 8. The number of nitrogens with zero attached hydrogens (tertiary/aromatic N) is 1. The lowest BCUT2D eigenvalue weighted by atomic mass is 10.1. The number of methoxy groups -OCH3 is 1. The van der Waals surface area contributed by atoms with Crippen molar-refractivity contribution in [3.8, 4) is 23.0 Å². The van der Waals surface area contributed by atoms with Gasteiger partial charge in [0.1, 0.15) is 23.6 Å². The highest BCUT2D eigenvalue weighted by molar-refractivity contribution is 6.04. The molecule has 5 rings (SSSR count). The highest BCUT2D eigenvalue weighted by atomic mass is 16.5. The molecule has 9 heteroatoms. The van der Waals surface area contributed by atoms with E-state index in [1.165, 1.54) is 0 Å². The van der Waals surface area contributed by atoms with Crippen molar-refractivity contribution in [3.05, 3.63) is 84.6 Å². The first-order chi connectivity index (χ1) is 20.5. The zero-order valence-electron chi connectivity index (χ0n) is 23.6. The van der Waals surface area contributed by atoms with E-state index in [0.29, 0.717) is 59.2 Å². The molecule has 3 aromatic carbocycles. The van der Waals surface area contributed by atoms with Crippen LogP contribution in [0.3, 0.4) is 0 Å². The molecule has 1 amide bonds. The van der Waals surface area contributed by atoms with Gasteiger partial charge in [-0.15, -0.1) is 0 Å². The Labute approximate surface area is 244 Å². The maximum absolute atomic E-state index is 12.4. The summed E-state index contributed by atoms with van der Waals surface area (Å²) < 4.78 is 23.2. The molecule has 4 aromatic rings. The van der Waals surface area contributed by atoms with E-state index in [-0.39, 0.29) is 18.0 Å². The Hall–Kier alpha value is -4.63. The summed E-state index contributed by atoms with van der Waals surface area (Å²) in [6.45, 7) is 0.357. The molecule has 1 fully saturated rings. The molecule has 42 heavy (non-hydrogen) atoms. The van der Waals surface area contributed by atoms with Crippen molar-refractivity contribution >= 4 is 28.5 Å². The summed E-state index contributed by atoms with van der Waals surface area (Å²) in [5.74, 6) is 1.74. The maximum atomic E-state index is 12.4. The lowest BCUT2D eigenvalue weighted by Crippen LogP contribution is -2.34. The second kappa shape index (κ2) is 13.8. The Kier molecular flexibility index (Phi) is 9.51. The van der Waals surface area contributed by atoms with Crippen molar-refractivity contribution in [1.29, 1.82) is 0 Å². The van der Waals surface area contributed by atoms with E-state index in [2.05, 4.69) is 10.3 Å². The first-order valence-electron chi connectivity index (χ1n) is 14.2. The molecule has 1 aromatic heterocycles. The number of nitrogens with one attached hydrogen (secondary N) is 1. The Balaban J connectivity index is 1.19. The van der Waals surface area contributed by atoms with Crippen molar-refractivity contribution < 1.29 is 28.5 Å². The molecule has 0 bridgehead atoms.